The lowest BCUT2D eigenvalue weighted by Crippen LogP contribution is -2.32. The molecule has 0 aliphatic rings. The van der Waals surface area contributed by atoms with E-state index < -0.39 is 52.8 Å². The quantitative estimate of drug-likeness (QED) is 0.619. The van der Waals surface area contributed by atoms with Gasteiger partial charge in [0.2, 0.25) is 0 Å². The molecule has 0 amide bonds. The summed E-state index contributed by atoms with van der Waals surface area (Å²) in [5.74, 6) is -11.7. The van der Waals surface area contributed by atoms with Gasteiger partial charge in [-0.25, -0.2) is 17.6 Å². The van der Waals surface area contributed by atoms with E-state index in [4.69, 9.17) is 0 Å². The fourth-order valence-electron chi connectivity index (χ4n) is 1.33. The normalized spacial score (nSPS) is 14.6. The molecule has 0 heterocycles. The Morgan fingerprint density at radius 1 is 0.700 bits per heavy atom. The van der Waals surface area contributed by atoms with Gasteiger partial charge in [-0.15, -0.1) is 0 Å². The smallest absolute Gasteiger partial charge is 0.316 e. The molecule has 1 aromatic rings. The number of halogens is 10. The van der Waals surface area contributed by atoms with Crippen molar-refractivity contribution in [1.29, 1.82) is 0 Å². The van der Waals surface area contributed by atoms with Crippen LogP contribution in [0.4, 0.5) is 43.9 Å². The summed E-state index contributed by atoms with van der Waals surface area (Å²) in [7, 11) is 0. The molecule has 20 heavy (non-hydrogen) atoms. The maximum absolute atomic E-state index is 13.2. The highest BCUT2D eigenvalue weighted by molar-refractivity contribution is 5.34. The highest BCUT2D eigenvalue weighted by Crippen LogP contribution is 2.40. The monoisotopic (exact) mass is 315 g/mol. The first kappa shape index (κ1) is 16.5. The van der Waals surface area contributed by atoms with Crippen molar-refractivity contribution in [1.82, 2.24) is 0 Å². The van der Waals surface area contributed by atoms with Crippen molar-refractivity contribution in [3.63, 3.8) is 0 Å². The Balaban J connectivity index is 3.70. The van der Waals surface area contributed by atoms with Crippen LogP contribution in [0.2, 0.25) is 0 Å². The van der Waals surface area contributed by atoms with E-state index in [1.54, 1.807) is 0 Å². The second-order valence-electron chi connectivity index (χ2n) is 3.56. The van der Waals surface area contributed by atoms with Crippen molar-refractivity contribution in [2.24, 2.45) is 5.73 Å². The molecule has 1 aromatic carbocycles. The minimum atomic E-state index is -5.84. The average Bonchev–Trinajstić information content (AvgIpc) is 2.23. The predicted molar refractivity (Wildman–Crippen MR) is 44.3 cm³/mol. The van der Waals surface area contributed by atoms with Crippen molar-refractivity contribution >= 4 is 0 Å². The largest absolute Gasteiger partial charge is 0.422 e. The number of hydrogen-bond donors (Lipinski definition) is 1. The van der Waals surface area contributed by atoms with E-state index in [1.165, 1.54) is 0 Å². The van der Waals surface area contributed by atoms with Gasteiger partial charge in [-0.1, -0.05) is 0 Å². The van der Waals surface area contributed by atoms with Crippen LogP contribution in [-0.4, -0.2) is 6.18 Å². The molecule has 11 heteroatoms. The van der Waals surface area contributed by atoms with Crippen LogP contribution in [0.3, 0.4) is 0 Å². The Morgan fingerprint density at radius 2 is 1.05 bits per heavy atom. The van der Waals surface area contributed by atoms with Gasteiger partial charge in [0.1, 0.15) is 11.6 Å². The molecule has 0 aliphatic heterocycles. The number of hydrogen-bond acceptors (Lipinski definition) is 1. The average molecular weight is 315 g/mol. The third-order valence-electron chi connectivity index (χ3n) is 2.24. The molecule has 0 saturated carbocycles. The van der Waals surface area contributed by atoms with E-state index >= 15 is 0 Å². The number of rotatable bonds is 1. The SMILES string of the molecule is N[C@H](c1c(F)c(F)c(C(F)(F)F)c(F)c1F)C(F)(F)F. The highest BCUT2D eigenvalue weighted by Gasteiger charge is 2.47. The lowest BCUT2D eigenvalue weighted by atomic mass is 10.0. The standard InChI is InChI=1S/C9H3F10N/c10-3-1(7(20)9(17,18)19)4(11)6(13)2(5(3)12)8(14,15)16/h7H,20H2/t7-/m1/s1. The summed E-state index contributed by atoms with van der Waals surface area (Å²) in [4.78, 5) is 0. The van der Waals surface area contributed by atoms with Gasteiger partial charge < -0.3 is 5.73 Å². The Labute approximate surface area is 104 Å². The van der Waals surface area contributed by atoms with Crippen LogP contribution in [0.25, 0.3) is 0 Å². The molecular weight excluding hydrogens is 312 g/mol. The van der Waals surface area contributed by atoms with Crippen molar-refractivity contribution in [2.75, 3.05) is 0 Å². The minimum Gasteiger partial charge on any atom is -0.316 e. The van der Waals surface area contributed by atoms with Gasteiger partial charge in [-0.05, 0) is 0 Å². The molecular formula is C9H3F10N. The summed E-state index contributed by atoms with van der Waals surface area (Å²) in [5, 5.41) is 0. The fourth-order valence-corrected chi connectivity index (χ4v) is 1.33. The third-order valence-corrected chi connectivity index (χ3v) is 2.24. The summed E-state index contributed by atoms with van der Waals surface area (Å²) in [6.45, 7) is 0. The van der Waals surface area contributed by atoms with E-state index in [-0.39, 0.29) is 0 Å². The van der Waals surface area contributed by atoms with Gasteiger partial charge in [-0.2, -0.15) is 26.3 Å². The lowest BCUT2D eigenvalue weighted by Gasteiger charge is -2.19. The van der Waals surface area contributed by atoms with Gasteiger partial charge in [0.15, 0.2) is 23.3 Å². The predicted octanol–water partition coefficient (Wildman–Crippen LogP) is 3.82. The van der Waals surface area contributed by atoms with Crippen molar-refractivity contribution < 1.29 is 43.9 Å². The zero-order valence-electron chi connectivity index (χ0n) is 8.93. The van der Waals surface area contributed by atoms with Crippen molar-refractivity contribution in [3.8, 4) is 0 Å². The van der Waals surface area contributed by atoms with Crippen LogP contribution >= 0.6 is 0 Å². The molecule has 0 aliphatic carbocycles. The first-order valence-electron chi connectivity index (χ1n) is 4.55. The Morgan fingerprint density at radius 3 is 1.30 bits per heavy atom. The maximum Gasteiger partial charge on any atom is 0.422 e. The van der Waals surface area contributed by atoms with Gasteiger partial charge in [-0.3, -0.25) is 0 Å². The minimum absolute atomic E-state index is 2.36. The van der Waals surface area contributed by atoms with Crippen LogP contribution < -0.4 is 5.73 Å². The molecule has 0 saturated heterocycles. The molecule has 1 nitrogen and oxygen atoms in total. The number of nitrogens with two attached hydrogens (primary N) is 1. The summed E-state index contributed by atoms with van der Waals surface area (Å²) in [5.41, 5.74) is -0.977. The molecule has 1 rings (SSSR count). The summed E-state index contributed by atoms with van der Waals surface area (Å²) in [6.07, 6.45) is -11.4. The molecule has 0 unspecified atom stereocenters. The van der Waals surface area contributed by atoms with Gasteiger partial charge >= 0.3 is 12.4 Å². The summed E-state index contributed by atoms with van der Waals surface area (Å²) < 4.78 is 125. The van der Waals surface area contributed by atoms with Crippen molar-refractivity contribution in [3.05, 3.63) is 34.4 Å². The molecule has 1 atom stereocenters. The van der Waals surface area contributed by atoms with Crippen LogP contribution in [-0.2, 0) is 6.18 Å². The summed E-state index contributed by atoms with van der Waals surface area (Å²) >= 11 is 0. The van der Waals surface area contributed by atoms with Gasteiger partial charge in [0, 0.05) is 0 Å². The van der Waals surface area contributed by atoms with E-state index in [9.17, 15) is 43.9 Å². The Kier molecular flexibility index (Phi) is 3.96. The molecule has 114 valence electrons. The second kappa shape index (κ2) is 4.79. The molecule has 2 N–H and O–H groups in total. The Bertz CT molecular complexity index is 500. The van der Waals surface area contributed by atoms with Crippen LogP contribution in [0, 0.1) is 23.3 Å². The number of benzene rings is 1. The topological polar surface area (TPSA) is 26.0 Å². The lowest BCUT2D eigenvalue weighted by molar-refractivity contribution is -0.151. The molecule has 0 spiro atoms. The zero-order chi connectivity index (χ0) is 16.0. The van der Waals surface area contributed by atoms with Crippen LogP contribution in [0.1, 0.15) is 17.2 Å². The molecule has 0 bridgehead atoms. The fraction of sp³-hybridized carbons (Fsp3) is 0.333. The van der Waals surface area contributed by atoms with E-state index in [2.05, 4.69) is 5.73 Å². The van der Waals surface area contributed by atoms with Gasteiger partial charge in [0.05, 0.1) is 5.56 Å². The van der Waals surface area contributed by atoms with E-state index in [1.807, 2.05) is 0 Å². The van der Waals surface area contributed by atoms with Gasteiger partial charge in [0.25, 0.3) is 0 Å². The first-order valence-corrected chi connectivity index (χ1v) is 4.55. The van der Waals surface area contributed by atoms with Crippen LogP contribution in [0.15, 0.2) is 0 Å². The molecule has 0 fully saturated rings. The summed E-state index contributed by atoms with van der Waals surface area (Å²) in [6, 6.07) is -3.52. The van der Waals surface area contributed by atoms with Crippen LogP contribution in [0.5, 0.6) is 0 Å². The highest BCUT2D eigenvalue weighted by atomic mass is 19.4. The van der Waals surface area contributed by atoms with Crippen molar-refractivity contribution in [2.45, 2.75) is 18.4 Å². The number of alkyl halides is 6. The first-order chi connectivity index (χ1) is 8.80. The Hall–Kier alpha value is -1.52. The van der Waals surface area contributed by atoms with E-state index in [0.717, 1.165) is 0 Å². The maximum atomic E-state index is 13.2. The molecule has 0 aromatic heterocycles. The third kappa shape index (κ3) is 2.67. The zero-order valence-corrected chi connectivity index (χ0v) is 8.93. The second-order valence-corrected chi connectivity index (χ2v) is 3.56. The van der Waals surface area contributed by atoms with E-state index in [0.29, 0.717) is 0 Å². The molecule has 0 radical (unpaired) electrons.